The van der Waals surface area contributed by atoms with E-state index in [-0.39, 0.29) is 17.9 Å². The van der Waals surface area contributed by atoms with E-state index >= 15 is 0 Å². The monoisotopic (exact) mass is 290 g/mol. The maximum atomic E-state index is 12.2. The van der Waals surface area contributed by atoms with Crippen LogP contribution in [0.3, 0.4) is 0 Å². The molecule has 0 spiro atoms. The molecule has 0 aromatic carbocycles. The number of nitrogens with one attached hydrogen (secondary N) is 1. The fraction of sp³-hybridized carbons (Fsp3) is 0.533. The molecule has 1 N–H and O–H groups in total. The molecule has 0 aliphatic carbocycles. The van der Waals surface area contributed by atoms with Crippen LogP contribution < -0.4 is 10.2 Å². The zero-order valence-corrected chi connectivity index (χ0v) is 12.8. The molecule has 6 heteroatoms. The number of rotatable bonds is 4. The van der Waals surface area contributed by atoms with E-state index in [2.05, 4.69) is 10.3 Å². The first-order chi connectivity index (χ1) is 9.99. The summed E-state index contributed by atoms with van der Waals surface area (Å²) in [4.78, 5) is 31.5. The number of carbonyl (C=O) groups is 2. The predicted octanol–water partition coefficient (Wildman–Crippen LogP) is 0.775. The Hall–Kier alpha value is -2.11. The van der Waals surface area contributed by atoms with Crippen molar-refractivity contribution in [1.29, 1.82) is 0 Å². The molecule has 0 saturated carbocycles. The van der Waals surface area contributed by atoms with Crippen molar-refractivity contribution in [3.63, 3.8) is 0 Å². The van der Waals surface area contributed by atoms with Crippen molar-refractivity contribution in [2.45, 2.75) is 32.4 Å². The number of anilines is 1. The highest BCUT2D eigenvalue weighted by atomic mass is 16.2. The molecule has 2 heterocycles. The van der Waals surface area contributed by atoms with Gasteiger partial charge < -0.3 is 15.1 Å². The second-order valence-electron chi connectivity index (χ2n) is 5.50. The molecule has 21 heavy (non-hydrogen) atoms. The molecule has 6 nitrogen and oxygen atoms in total. The van der Waals surface area contributed by atoms with Gasteiger partial charge in [0.05, 0.1) is 0 Å². The summed E-state index contributed by atoms with van der Waals surface area (Å²) in [5.41, 5.74) is 0.995. The van der Waals surface area contributed by atoms with E-state index in [4.69, 9.17) is 0 Å². The fourth-order valence-electron chi connectivity index (χ4n) is 2.54. The highest BCUT2D eigenvalue weighted by molar-refractivity contribution is 5.87. The fourth-order valence-corrected chi connectivity index (χ4v) is 2.54. The molecule has 0 radical (unpaired) electrons. The highest BCUT2D eigenvalue weighted by Crippen LogP contribution is 2.17. The molecule has 1 aliphatic rings. The van der Waals surface area contributed by atoms with Crippen molar-refractivity contribution < 1.29 is 9.59 Å². The van der Waals surface area contributed by atoms with E-state index in [1.807, 2.05) is 31.1 Å². The first kappa shape index (κ1) is 15.3. The Morgan fingerprint density at radius 1 is 1.48 bits per heavy atom. The quantitative estimate of drug-likeness (QED) is 0.890. The standard InChI is InChI=1S/C15H22N4O2/c1-11(20)19-8-4-5-13(19)15(21)17-10-12-6-7-16-14(9-12)18(2)3/h6-7,9,13H,4-5,8,10H2,1-3H3,(H,17,21)/t13-/m0/s1. The lowest BCUT2D eigenvalue weighted by molar-refractivity contribution is -0.136. The van der Waals surface area contributed by atoms with Gasteiger partial charge in [0.1, 0.15) is 11.9 Å². The van der Waals surface area contributed by atoms with Gasteiger partial charge in [-0.25, -0.2) is 4.98 Å². The van der Waals surface area contributed by atoms with Gasteiger partial charge in [-0.15, -0.1) is 0 Å². The number of pyridine rings is 1. The van der Waals surface area contributed by atoms with Crippen LogP contribution in [0.25, 0.3) is 0 Å². The Morgan fingerprint density at radius 3 is 2.90 bits per heavy atom. The smallest absolute Gasteiger partial charge is 0.243 e. The van der Waals surface area contributed by atoms with E-state index < -0.39 is 0 Å². The van der Waals surface area contributed by atoms with Crippen LogP contribution >= 0.6 is 0 Å². The molecule has 114 valence electrons. The van der Waals surface area contributed by atoms with Crippen molar-refractivity contribution in [2.75, 3.05) is 25.5 Å². The Kier molecular flexibility index (Phi) is 4.77. The topological polar surface area (TPSA) is 65.5 Å². The van der Waals surface area contributed by atoms with Crippen molar-refractivity contribution >= 4 is 17.6 Å². The summed E-state index contributed by atoms with van der Waals surface area (Å²) in [6.45, 7) is 2.63. The third kappa shape index (κ3) is 3.71. The zero-order valence-electron chi connectivity index (χ0n) is 12.8. The van der Waals surface area contributed by atoms with Crippen LogP contribution in [0.4, 0.5) is 5.82 Å². The molecule has 0 bridgehead atoms. The van der Waals surface area contributed by atoms with Gasteiger partial charge in [-0.1, -0.05) is 0 Å². The van der Waals surface area contributed by atoms with Crippen molar-refractivity contribution in [3.8, 4) is 0 Å². The van der Waals surface area contributed by atoms with Gasteiger partial charge in [0.25, 0.3) is 0 Å². The predicted molar refractivity (Wildman–Crippen MR) is 80.8 cm³/mol. The number of nitrogens with zero attached hydrogens (tertiary/aromatic N) is 3. The lowest BCUT2D eigenvalue weighted by Gasteiger charge is -2.22. The third-order valence-electron chi connectivity index (χ3n) is 3.69. The van der Waals surface area contributed by atoms with Crippen LogP contribution in [0.15, 0.2) is 18.3 Å². The van der Waals surface area contributed by atoms with Crippen LogP contribution in [0.2, 0.25) is 0 Å². The Balaban J connectivity index is 1.95. The largest absolute Gasteiger partial charge is 0.363 e. The second kappa shape index (κ2) is 6.56. The first-order valence-electron chi connectivity index (χ1n) is 7.16. The van der Waals surface area contributed by atoms with Crippen LogP contribution in [0, 0.1) is 0 Å². The summed E-state index contributed by atoms with van der Waals surface area (Å²) in [5.74, 6) is 0.741. The summed E-state index contributed by atoms with van der Waals surface area (Å²) in [5, 5.41) is 2.91. The molecule has 1 aromatic rings. The maximum absolute atomic E-state index is 12.2. The number of likely N-dealkylation sites (tertiary alicyclic amines) is 1. The summed E-state index contributed by atoms with van der Waals surface area (Å²) in [6.07, 6.45) is 3.36. The second-order valence-corrected chi connectivity index (χ2v) is 5.50. The minimum atomic E-state index is -0.322. The van der Waals surface area contributed by atoms with E-state index in [0.29, 0.717) is 13.1 Å². The SMILES string of the molecule is CC(=O)N1CCC[C@H]1C(=O)NCc1ccnc(N(C)C)c1. The van der Waals surface area contributed by atoms with Crippen LogP contribution in [0.1, 0.15) is 25.3 Å². The van der Waals surface area contributed by atoms with Gasteiger partial charge in [0.2, 0.25) is 11.8 Å². The van der Waals surface area contributed by atoms with Gasteiger partial charge in [-0.2, -0.15) is 0 Å². The highest BCUT2D eigenvalue weighted by Gasteiger charge is 2.31. The van der Waals surface area contributed by atoms with Crippen molar-refractivity contribution in [1.82, 2.24) is 15.2 Å². The van der Waals surface area contributed by atoms with Gasteiger partial charge >= 0.3 is 0 Å². The van der Waals surface area contributed by atoms with Gasteiger partial charge in [-0.05, 0) is 30.5 Å². The lowest BCUT2D eigenvalue weighted by Crippen LogP contribution is -2.44. The molecular formula is C15H22N4O2. The van der Waals surface area contributed by atoms with Crippen LogP contribution in [0.5, 0.6) is 0 Å². The minimum absolute atomic E-state index is 0.0357. The molecule has 1 aromatic heterocycles. The normalized spacial score (nSPS) is 17.7. The van der Waals surface area contributed by atoms with E-state index in [1.165, 1.54) is 6.92 Å². The van der Waals surface area contributed by atoms with Crippen LogP contribution in [-0.4, -0.2) is 48.4 Å². The number of aromatic nitrogens is 1. The molecule has 2 rings (SSSR count). The number of carbonyl (C=O) groups excluding carboxylic acids is 2. The molecule has 0 unspecified atom stereocenters. The number of hydrogen-bond donors (Lipinski definition) is 1. The Morgan fingerprint density at radius 2 is 2.24 bits per heavy atom. The summed E-state index contributed by atoms with van der Waals surface area (Å²) in [7, 11) is 3.85. The average Bonchev–Trinajstić information content (AvgIpc) is 2.94. The van der Waals surface area contributed by atoms with Crippen molar-refractivity contribution in [2.24, 2.45) is 0 Å². The van der Waals surface area contributed by atoms with Crippen LogP contribution in [-0.2, 0) is 16.1 Å². The maximum Gasteiger partial charge on any atom is 0.243 e. The molecule has 1 atom stereocenters. The van der Waals surface area contributed by atoms with Gasteiger partial charge in [-0.3, -0.25) is 9.59 Å². The first-order valence-corrected chi connectivity index (χ1v) is 7.16. The third-order valence-corrected chi connectivity index (χ3v) is 3.69. The van der Waals surface area contributed by atoms with Crippen molar-refractivity contribution in [3.05, 3.63) is 23.9 Å². The molecule has 2 amide bonds. The summed E-state index contributed by atoms with van der Waals surface area (Å²) >= 11 is 0. The summed E-state index contributed by atoms with van der Waals surface area (Å²) in [6, 6.07) is 3.50. The molecule has 1 aliphatic heterocycles. The molecular weight excluding hydrogens is 268 g/mol. The molecule has 1 fully saturated rings. The van der Waals surface area contributed by atoms with E-state index in [1.54, 1.807) is 11.1 Å². The Labute approximate surface area is 125 Å². The molecule has 1 saturated heterocycles. The van der Waals surface area contributed by atoms with E-state index in [9.17, 15) is 9.59 Å². The summed E-state index contributed by atoms with van der Waals surface area (Å²) < 4.78 is 0. The van der Waals surface area contributed by atoms with E-state index in [0.717, 1.165) is 24.2 Å². The number of amides is 2. The number of hydrogen-bond acceptors (Lipinski definition) is 4. The Bertz CT molecular complexity index is 530. The van der Waals surface area contributed by atoms with Gasteiger partial charge in [0, 0.05) is 40.3 Å². The zero-order chi connectivity index (χ0) is 15.4. The minimum Gasteiger partial charge on any atom is -0.363 e. The lowest BCUT2D eigenvalue weighted by atomic mass is 10.2. The van der Waals surface area contributed by atoms with Gasteiger partial charge in [0.15, 0.2) is 0 Å². The average molecular weight is 290 g/mol.